The first-order valence-electron chi connectivity index (χ1n) is 16.2. The highest BCUT2D eigenvalue weighted by Gasteiger charge is 2.54. The van der Waals surface area contributed by atoms with Gasteiger partial charge in [0.05, 0.1) is 20.1 Å². The van der Waals surface area contributed by atoms with Gasteiger partial charge in [-0.3, -0.25) is 19.1 Å². The number of hydrogen-bond donors (Lipinski definition) is 1. The third kappa shape index (κ3) is 7.94. The average Bonchev–Trinajstić information content (AvgIpc) is 3.16. The molecule has 1 saturated heterocycles. The Bertz CT molecular complexity index is 1880. The molecule has 4 aromatic rings. The van der Waals surface area contributed by atoms with Crippen molar-refractivity contribution in [3.63, 3.8) is 0 Å². The number of amides is 2. The van der Waals surface area contributed by atoms with Crippen LogP contribution in [0.3, 0.4) is 0 Å². The number of carbonyl (C=O) groups excluding carboxylic acids is 3. The van der Waals surface area contributed by atoms with Crippen LogP contribution in [0.15, 0.2) is 139 Å². The summed E-state index contributed by atoms with van der Waals surface area (Å²) in [5, 5.41) is 3.62. The first-order chi connectivity index (χ1) is 24.4. The number of methoxy groups -OCH3 is 1. The van der Waals surface area contributed by atoms with E-state index in [1.807, 2.05) is 72.8 Å². The molecule has 6 rings (SSSR count). The molecule has 2 atom stereocenters. The molecule has 0 bridgehead atoms. The van der Waals surface area contributed by atoms with Gasteiger partial charge in [-0.1, -0.05) is 91.0 Å². The van der Waals surface area contributed by atoms with Gasteiger partial charge in [0.2, 0.25) is 5.91 Å². The van der Waals surface area contributed by atoms with Gasteiger partial charge >= 0.3 is 5.97 Å². The second-order valence-corrected chi connectivity index (χ2v) is 15.2. The van der Waals surface area contributed by atoms with Crippen LogP contribution >= 0.6 is 19.1 Å². The average molecular weight is 709 g/mol. The number of benzene rings is 4. The third-order valence-corrected chi connectivity index (χ3v) is 12.2. The minimum atomic E-state index is -3.36. The lowest BCUT2D eigenvalue weighted by molar-refractivity contribution is -0.153. The van der Waals surface area contributed by atoms with Crippen molar-refractivity contribution in [2.45, 2.75) is 30.9 Å². The molecule has 2 amide bonds. The minimum Gasteiger partial charge on any atom is -0.497 e. The molecule has 11 heteroatoms. The van der Waals surface area contributed by atoms with Crippen molar-refractivity contribution in [3.8, 4) is 5.75 Å². The SMILES string of the molecule is COc1ccc(COC(=O)C2=C(C/C=C/COP(=O)(c3ccccc3)c3ccccc3)CS[C@@H]3[C@H](NC(=O)Cc4ccccc4)C(=O)N23)cc1. The van der Waals surface area contributed by atoms with Gasteiger partial charge in [0.1, 0.15) is 29.5 Å². The molecule has 0 spiro atoms. The molecular weight excluding hydrogens is 671 g/mol. The fraction of sp³-hybridized carbons (Fsp3) is 0.205. The Hall–Kier alpha value is -4.89. The summed E-state index contributed by atoms with van der Waals surface area (Å²) in [4.78, 5) is 41.5. The summed E-state index contributed by atoms with van der Waals surface area (Å²) >= 11 is 1.48. The lowest BCUT2D eigenvalue weighted by Crippen LogP contribution is -2.70. The van der Waals surface area contributed by atoms with Gasteiger partial charge in [-0.25, -0.2) is 4.79 Å². The Morgan fingerprint density at radius 1 is 0.860 bits per heavy atom. The number of hydrogen-bond acceptors (Lipinski definition) is 8. The summed E-state index contributed by atoms with van der Waals surface area (Å²) in [5.74, 6) is -0.116. The van der Waals surface area contributed by atoms with E-state index in [-0.39, 0.29) is 37.1 Å². The lowest BCUT2D eigenvalue weighted by atomic mass is 10.0. The van der Waals surface area contributed by atoms with Crippen LogP contribution in [0, 0.1) is 0 Å². The Morgan fingerprint density at radius 2 is 1.48 bits per heavy atom. The summed E-state index contributed by atoms with van der Waals surface area (Å²) in [7, 11) is -1.79. The molecular formula is C39H37N2O7PS. The highest BCUT2D eigenvalue weighted by atomic mass is 32.2. The lowest BCUT2D eigenvalue weighted by Gasteiger charge is -2.49. The largest absolute Gasteiger partial charge is 0.497 e. The fourth-order valence-corrected chi connectivity index (χ4v) is 9.14. The van der Waals surface area contributed by atoms with Gasteiger partial charge in [-0.15, -0.1) is 11.8 Å². The molecule has 1 N–H and O–H groups in total. The summed E-state index contributed by atoms with van der Waals surface area (Å²) in [6.45, 7) is 0.0775. The molecule has 0 aliphatic carbocycles. The van der Waals surface area contributed by atoms with Crippen LogP contribution in [0.1, 0.15) is 17.5 Å². The third-order valence-electron chi connectivity index (χ3n) is 8.37. The number of fused-ring (bicyclic) bond motifs is 1. The summed E-state index contributed by atoms with van der Waals surface area (Å²) in [6.07, 6.45) is 4.10. The number of nitrogens with one attached hydrogen (secondary N) is 1. The molecule has 1 fully saturated rings. The predicted octanol–water partition coefficient (Wildman–Crippen LogP) is 5.53. The number of rotatable bonds is 14. The van der Waals surface area contributed by atoms with Gasteiger partial charge in [0.15, 0.2) is 0 Å². The molecule has 0 aromatic heterocycles. The molecule has 4 aromatic carbocycles. The molecule has 256 valence electrons. The maximum absolute atomic E-state index is 14.2. The van der Waals surface area contributed by atoms with E-state index in [1.165, 1.54) is 16.7 Å². The quantitative estimate of drug-likeness (QED) is 0.0789. The second kappa shape index (κ2) is 16.2. The Kier molecular flexibility index (Phi) is 11.3. The molecule has 2 aliphatic heterocycles. The summed E-state index contributed by atoms with van der Waals surface area (Å²) < 4.78 is 31.2. The maximum atomic E-state index is 14.2. The number of thioether (sulfide) groups is 1. The van der Waals surface area contributed by atoms with E-state index in [0.717, 1.165) is 11.1 Å². The van der Waals surface area contributed by atoms with Gasteiger partial charge in [-0.05, 0) is 59.5 Å². The smallest absolute Gasteiger partial charge is 0.355 e. The maximum Gasteiger partial charge on any atom is 0.355 e. The second-order valence-electron chi connectivity index (χ2n) is 11.7. The zero-order valence-electron chi connectivity index (χ0n) is 27.5. The normalized spacial score (nSPS) is 17.2. The van der Waals surface area contributed by atoms with E-state index >= 15 is 0 Å². The van der Waals surface area contributed by atoms with Crippen molar-refractivity contribution in [2.24, 2.45) is 0 Å². The van der Waals surface area contributed by atoms with Crippen LogP contribution in [0.2, 0.25) is 0 Å². The zero-order chi connectivity index (χ0) is 34.9. The molecule has 9 nitrogen and oxygen atoms in total. The highest BCUT2D eigenvalue weighted by molar-refractivity contribution is 8.00. The Morgan fingerprint density at radius 3 is 2.10 bits per heavy atom. The molecule has 0 radical (unpaired) electrons. The number of nitrogens with zero attached hydrogens (tertiary/aromatic N) is 1. The van der Waals surface area contributed by atoms with E-state index in [4.69, 9.17) is 14.0 Å². The fourth-order valence-electron chi connectivity index (χ4n) is 5.76. The van der Waals surface area contributed by atoms with Crippen molar-refractivity contribution in [1.82, 2.24) is 10.2 Å². The molecule has 0 saturated carbocycles. The highest BCUT2D eigenvalue weighted by Crippen LogP contribution is 2.45. The monoisotopic (exact) mass is 708 g/mol. The molecule has 2 heterocycles. The van der Waals surface area contributed by atoms with Crippen LogP contribution in [-0.4, -0.2) is 53.6 Å². The van der Waals surface area contributed by atoms with Crippen LogP contribution in [0.25, 0.3) is 0 Å². The number of β-lactam (4-membered cyclic amide) rings is 1. The molecule has 50 heavy (non-hydrogen) atoms. The zero-order valence-corrected chi connectivity index (χ0v) is 29.2. The van der Waals surface area contributed by atoms with E-state index in [0.29, 0.717) is 34.1 Å². The molecule has 0 unspecified atom stereocenters. The van der Waals surface area contributed by atoms with E-state index in [1.54, 1.807) is 61.7 Å². The van der Waals surface area contributed by atoms with Gasteiger partial charge < -0.3 is 19.3 Å². The van der Waals surface area contributed by atoms with Crippen LogP contribution < -0.4 is 20.7 Å². The number of ether oxygens (including phenoxy) is 2. The van der Waals surface area contributed by atoms with Gasteiger partial charge in [0.25, 0.3) is 13.3 Å². The van der Waals surface area contributed by atoms with Crippen LogP contribution in [-0.2, 0) is 41.2 Å². The van der Waals surface area contributed by atoms with Crippen molar-refractivity contribution < 1.29 is 32.9 Å². The van der Waals surface area contributed by atoms with Crippen molar-refractivity contribution >= 4 is 47.5 Å². The van der Waals surface area contributed by atoms with E-state index in [2.05, 4.69) is 5.32 Å². The molecule has 2 aliphatic rings. The first kappa shape index (κ1) is 35.0. The number of esters is 1. The Labute approximate surface area is 295 Å². The first-order valence-corrected chi connectivity index (χ1v) is 18.9. The van der Waals surface area contributed by atoms with Crippen molar-refractivity contribution in [1.29, 1.82) is 0 Å². The standard InChI is InChI=1S/C39H37N2O7PS/c1-46-31-22-20-29(21-23-31)26-47-39(44)36-30(27-50-38-35(37(43)41(36)38)40-34(42)25-28-13-5-2-6-14-28)15-11-12-24-48-49(45,32-16-7-3-8-17-32)33-18-9-4-10-19-33/h2-14,16-23,35,38H,15,24-27H2,1H3,(H,40,42)/b12-11+/t35-,38-/m1/s1. The number of carbonyl (C=O) groups is 3. The van der Waals surface area contributed by atoms with Crippen molar-refractivity contribution in [2.75, 3.05) is 19.5 Å². The predicted molar refractivity (Wildman–Crippen MR) is 194 cm³/mol. The summed E-state index contributed by atoms with van der Waals surface area (Å²) in [5.41, 5.74) is 2.50. The Balaban J connectivity index is 1.17. The van der Waals surface area contributed by atoms with Gasteiger partial charge in [0, 0.05) is 16.4 Å². The number of allylic oxidation sites excluding steroid dienone is 1. The minimum absolute atomic E-state index is 0.00856. The van der Waals surface area contributed by atoms with Crippen LogP contribution in [0.4, 0.5) is 0 Å². The summed E-state index contributed by atoms with van der Waals surface area (Å²) in [6, 6.07) is 34.0. The van der Waals surface area contributed by atoms with Gasteiger partial charge in [-0.2, -0.15) is 0 Å². The van der Waals surface area contributed by atoms with E-state index < -0.39 is 24.8 Å². The topological polar surface area (TPSA) is 111 Å². The van der Waals surface area contributed by atoms with Crippen molar-refractivity contribution in [3.05, 3.63) is 150 Å². The van der Waals surface area contributed by atoms with Crippen LogP contribution in [0.5, 0.6) is 5.75 Å². The van der Waals surface area contributed by atoms with E-state index in [9.17, 15) is 18.9 Å².